The van der Waals surface area contributed by atoms with Gasteiger partial charge in [-0.1, -0.05) is 161 Å². The second-order valence-corrected chi connectivity index (χ2v) is 15.9. The minimum absolute atomic E-state index is 0.0435. The number of aliphatic carboxylic acids is 1. The number of hydrogen-bond acceptors (Lipinski definition) is 7. The number of quaternary nitrogens is 1. The quantitative estimate of drug-likeness (QED) is 0.0268. The van der Waals surface area contributed by atoms with Crippen molar-refractivity contribution in [2.24, 2.45) is 0 Å². The summed E-state index contributed by atoms with van der Waals surface area (Å²) in [5.41, 5.74) is 0. The first kappa shape index (κ1) is 50.1. The second-order valence-electron chi connectivity index (χ2n) is 15.9. The maximum atomic E-state index is 12.7. The zero-order chi connectivity index (χ0) is 38.5. The van der Waals surface area contributed by atoms with Crippen LogP contribution in [0.2, 0.25) is 0 Å². The Hall–Kier alpha value is -1.93. The van der Waals surface area contributed by atoms with Gasteiger partial charge in [0.15, 0.2) is 6.10 Å². The summed E-state index contributed by atoms with van der Waals surface area (Å²) in [6.45, 7) is 4.63. The molecular formula is C44H83NO7. The topological polar surface area (TPSA) is 102 Å². The number of hydrogen-bond donors (Lipinski definition) is 0. The molecule has 0 radical (unpaired) electrons. The first-order chi connectivity index (χ1) is 25.1. The van der Waals surface area contributed by atoms with Crippen LogP contribution < -0.4 is 5.11 Å². The van der Waals surface area contributed by atoms with Gasteiger partial charge in [-0.25, -0.2) is 0 Å². The van der Waals surface area contributed by atoms with Crippen LogP contribution in [0.4, 0.5) is 0 Å². The number of esters is 2. The zero-order valence-electron chi connectivity index (χ0n) is 34.7. The average Bonchev–Trinajstić information content (AvgIpc) is 3.09. The van der Waals surface area contributed by atoms with Gasteiger partial charge in [0.05, 0.1) is 40.3 Å². The Kier molecular flexibility index (Phi) is 34.7. The number of ether oxygens (including phenoxy) is 3. The smallest absolute Gasteiger partial charge is 0.306 e. The molecule has 0 N–H and O–H groups in total. The summed E-state index contributed by atoms with van der Waals surface area (Å²) < 4.78 is 17.1. The van der Waals surface area contributed by atoms with Crippen LogP contribution in [0.1, 0.15) is 200 Å². The van der Waals surface area contributed by atoms with E-state index in [1.54, 1.807) is 21.1 Å². The van der Waals surface area contributed by atoms with Crippen molar-refractivity contribution in [1.82, 2.24) is 0 Å². The lowest BCUT2D eigenvalue weighted by molar-refractivity contribution is -0.889. The normalized spacial score (nSPS) is 13.0. The van der Waals surface area contributed by atoms with Crippen molar-refractivity contribution in [2.75, 3.05) is 41.0 Å². The second kappa shape index (κ2) is 36.1. The van der Waals surface area contributed by atoms with Crippen LogP contribution >= 0.6 is 0 Å². The van der Waals surface area contributed by atoms with Crippen molar-refractivity contribution in [3.05, 3.63) is 12.2 Å². The fraction of sp³-hybridized carbons (Fsp3) is 0.886. The highest BCUT2D eigenvalue weighted by atomic mass is 16.6. The molecule has 0 spiro atoms. The van der Waals surface area contributed by atoms with Crippen molar-refractivity contribution in [1.29, 1.82) is 0 Å². The van der Waals surface area contributed by atoms with E-state index in [9.17, 15) is 19.5 Å². The molecule has 2 atom stereocenters. The van der Waals surface area contributed by atoms with E-state index in [1.165, 1.54) is 116 Å². The third-order valence-corrected chi connectivity index (χ3v) is 9.90. The molecule has 306 valence electrons. The number of likely N-dealkylation sites (N-methyl/N-ethyl adjacent to an activating group) is 1. The van der Waals surface area contributed by atoms with Gasteiger partial charge in [-0.3, -0.25) is 9.59 Å². The van der Waals surface area contributed by atoms with Crippen LogP contribution in [0, 0.1) is 0 Å². The van der Waals surface area contributed by atoms with E-state index in [2.05, 4.69) is 26.0 Å². The number of carbonyl (C=O) groups excluding carboxylic acids is 3. The van der Waals surface area contributed by atoms with Gasteiger partial charge in [0.25, 0.3) is 0 Å². The molecule has 0 saturated heterocycles. The van der Waals surface area contributed by atoms with Crippen LogP contribution in [0.25, 0.3) is 0 Å². The van der Waals surface area contributed by atoms with Gasteiger partial charge in [-0.05, 0) is 32.1 Å². The molecule has 0 fully saturated rings. The molecule has 2 unspecified atom stereocenters. The highest BCUT2D eigenvalue weighted by molar-refractivity contribution is 5.70. The monoisotopic (exact) mass is 738 g/mol. The van der Waals surface area contributed by atoms with Gasteiger partial charge in [0.1, 0.15) is 12.6 Å². The molecule has 0 aliphatic carbocycles. The number of carboxylic acids is 1. The Bertz CT molecular complexity index is 869. The summed E-state index contributed by atoms with van der Waals surface area (Å²) in [6, 6.07) is -0.721. The zero-order valence-corrected chi connectivity index (χ0v) is 34.7. The minimum atomic E-state index is -1.12. The molecule has 0 aliphatic rings. The number of nitrogens with zero attached hydrogens (tertiary/aromatic N) is 1. The number of allylic oxidation sites excluding steroid dienone is 2. The Morgan fingerprint density at radius 3 is 1.44 bits per heavy atom. The lowest BCUT2D eigenvalue weighted by Crippen LogP contribution is -2.55. The van der Waals surface area contributed by atoms with Gasteiger partial charge < -0.3 is 28.6 Å². The molecule has 0 aliphatic heterocycles. The van der Waals surface area contributed by atoms with Gasteiger partial charge in [0.2, 0.25) is 0 Å². The van der Waals surface area contributed by atoms with Crippen molar-refractivity contribution < 1.29 is 38.2 Å². The van der Waals surface area contributed by atoms with E-state index in [0.29, 0.717) is 12.8 Å². The molecule has 0 saturated carbocycles. The molecule has 0 bridgehead atoms. The molecule has 0 rings (SSSR count). The highest BCUT2D eigenvalue weighted by Gasteiger charge is 2.25. The molecular weight excluding hydrogens is 654 g/mol. The van der Waals surface area contributed by atoms with E-state index < -0.39 is 18.1 Å². The lowest BCUT2D eigenvalue weighted by atomic mass is 10.0. The SMILES string of the molecule is CCCC/C=C/CCCCCCCC(=O)OCC(COCCC(C(=O)[O-])[N+](C)(C)C)OC(=O)CCCCCCCCCCCCCCCCCCC. The Morgan fingerprint density at radius 2 is 0.981 bits per heavy atom. The number of carboxylic acid groups (broad SMARTS) is 1. The predicted octanol–water partition coefficient (Wildman–Crippen LogP) is 10.2. The van der Waals surface area contributed by atoms with E-state index >= 15 is 0 Å². The summed E-state index contributed by atoms with van der Waals surface area (Å²) in [4.78, 5) is 36.7. The number of unbranched alkanes of at least 4 members (excludes halogenated alkanes) is 23. The van der Waals surface area contributed by atoms with Crippen molar-refractivity contribution >= 4 is 17.9 Å². The summed E-state index contributed by atoms with van der Waals surface area (Å²) in [7, 11) is 5.41. The van der Waals surface area contributed by atoms with Crippen LogP contribution in [-0.4, -0.2) is 75.5 Å². The number of rotatable bonds is 39. The van der Waals surface area contributed by atoms with E-state index in [-0.39, 0.29) is 42.7 Å². The van der Waals surface area contributed by atoms with Crippen molar-refractivity contribution in [2.45, 2.75) is 212 Å². The molecule has 0 heterocycles. The van der Waals surface area contributed by atoms with Crippen molar-refractivity contribution in [3.8, 4) is 0 Å². The molecule has 0 aromatic heterocycles. The summed E-state index contributed by atoms with van der Waals surface area (Å²) in [5, 5.41) is 11.6. The fourth-order valence-corrected chi connectivity index (χ4v) is 6.46. The van der Waals surface area contributed by atoms with E-state index in [1.807, 2.05) is 0 Å². The lowest BCUT2D eigenvalue weighted by Gasteiger charge is -2.34. The summed E-state index contributed by atoms with van der Waals surface area (Å²) >= 11 is 0. The third kappa shape index (κ3) is 33.9. The summed E-state index contributed by atoms with van der Waals surface area (Å²) in [5.74, 6) is -1.73. The van der Waals surface area contributed by atoms with E-state index in [0.717, 1.165) is 51.4 Å². The van der Waals surface area contributed by atoms with Crippen LogP contribution in [-0.2, 0) is 28.6 Å². The van der Waals surface area contributed by atoms with Crippen LogP contribution in [0.3, 0.4) is 0 Å². The van der Waals surface area contributed by atoms with Crippen LogP contribution in [0.15, 0.2) is 12.2 Å². The van der Waals surface area contributed by atoms with E-state index in [4.69, 9.17) is 14.2 Å². The molecule has 8 nitrogen and oxygen atoms in total. The third-order valence-electron chi connectivity index (χ3n) is 9.90. The molecule has 0 aromatic rings. The fourth-order valence-electron chi connectivity index (χ4n) is 6.46. The van der Waals surface area contributed by atoms with Crippen LogP contribution in [0.5, 0.6) is 0 Å². The summed E-state index contributed by atoms with van der Waals surface area (Å²) in [6.07, 6.45) is 36.6. The molecule has 52 heavy (non-hydrogen) atoms. The highest BCUT2D eigenvalue weighted by Crippen LogP contribution is 2.15. The maximum absolute atomic E-state index is 12.7. The molecule has 0 amide bonds. The maximum Gasteiger partial charge on any atom is 0.306 e. The molecule has 8 heteroatoms. The predicted molar refractivity (Wildman–Crippen MR) is 213 cm³/mol. The minimum Gasteiger partial charge on any atom is -0.544 e. The van der Waals surface area contributed by atoms with Crippen molar-refractivity contribution in [3.63, 3.8) is 0 Å². The van der Waals surface area contributed by atoms with Gasteiger partial charge in [0, 0.05) is 19.3 Å². The molecule has 0 aromatic carbocycles. The average molecular weight is 738 g/mol. The standard InChI is InChI=1S/C44H83NO7/c1-6-8-10-12-14-16-18-19-20-21-22-23-25-27-29-31-33-35-43(47)52-40(38-50-37-36-41(44(48)49)45(3,4)5)39-51-42(46)34-32-30-28-26-24-17-15-13-11-9-7-2/h13,15,40-41H,6-12,14,16-39H2,1-5H3/b15-13+. The first-order valence-corrected chi connectivity index (χ1v) is 21.7. The number of carbonyl (C=O) groups is 3. The van der Waals surface area contributed by atoms with Gasteiger partial charge in [-0.15, -0.1) is 0 Å². The first-order valence-electron chi connectivity index (χ1n) is 21.7. The Morgan fingerprint density at radius 1 is 0.558 bits per heavy atom. The van der Waals surface area contributed by atoms with Gasteiger partial charge in [-0.2, -0.15) is 0 Å². The van der Waals surface area contributed by atoms with Gasteiger partial charge >= 0.3 is 11.9 Å². The largest absolute Gasteiger partial charge is 0.544 e. The Balaban J connectivity index is 4.30. The Labute approximate surface area is 320 Å².